The van der Waals surface area contributed by atoms with Gasteiger partial charge in [-0.1, -0.05) is 13.8 Å². The van der Waals surface area contributed by atoms with Crippen LogP contribution in [0, 0.1) is 16.0 Å². The number of rotatable bonds is 9. The number of nitrogens with zero attached hydrogens (tertiary/aromatic N) is 1. The molecule has 6 nitrogen and oxygen atoms in total. The SMILES string of the molecule is CC(=O)c1ccc(NCCCOCC(C)C)c([N+](=O)[O-])c1. The van der Waals surface area contributed by atoms with E-state index in [1.54, 1.807) is 12.1 Å². The van der Waals surface area contributed by atoms with Crippen molar-refractivity contribution in [1.82, 2.24) is 0 Å². The number of hydrogen-bond donors (Lipinski definition) is 1. The van der Waals surface area contributed by atoms with Crippen LogP contribution in [0.4, 0.5) is 11.4 Å². The van der Waals surface area contributed by atoms with Gasteiger partial charge in [0.05, 0.1) is 4.92 Å². The number of hydrogen-bond acceptors (Lipinski definition) is 5. The third kappa shape index (κ3) is 5.91. The van der Waals surface area contributed by atoms with E-state index in [9.17, 15) is 14.9 Å². The van der Waals surface area contributed by atoms with E-state index in [2.05, 4.69) is 19.2 Å². The molecule has 0 spiro atoms. The minimum absolute atomic E-state index is 0.0780. The number of benzene rings is 1. The van der Waals surface area contributed by atoms with Gasteiger partial charge in [-0.05, 0) is 31.4 Å². The molecule has 1 rings (SSSR count). The predicted molar refractivity (Wildman–Crippen MR) is 81.9 cm³/mol. The van der Waals surface area contributed by atoms with Gasteiger partial charge in [0.25, 0.3) is 5.69 Å². The molecule has 0 aromatic heterocycles. The Kier molecular flexibility index (Phi) is 6.81. The summed E-state index contributed by atoms with van der Waals surface area (Å²) in [4.78, 5) is 21.8. The Hall–Kier alpha value is -1.95. The third-order valence-corrected chi connectivity index (χ3v) is 2.83. The van der Waals surface area contributed by atoms with E-state index in [0.29, 0.717) is 36.9 Å². The van der Waals surface area contributed by atoms with Crippen molar-refractivity contribution >= 4 is 17.2 Å². The third-order valence-electron chi connectivity index (χ3n) is 2.83. The van der Waals surface area contributed by atoms with E-state index >= 15 is 0 Å². The molecule has 0 aliphatic heterocycles. The summed E-state index contributed by atoms with van der Waals surface area (Å²) in [5.41, 5.74) is 0.687. The zero-order valence-electron chi connectivity index (χ0n) is 12.7. The summed E-state index contributed by atoms with van der Waals surface area (Å²) >= 11 is 0. The molecule has 0 amide bonds. The smallest absolute Gasteiger partial charge is 0.293 e. The van der Waals surface area contributed by atoms with E-state index in [1.165, 1.54) is 13.0 Å². The van der Waals surface area contributed by atoms with Crippen molar-refractivity contribution in [3.05, 3.63) is 33.9 Å². The summed E-state index contributed by atoms with van der Waals surface area (Å²) < 4.78 is 5.44. The minimum atomic E-state index is -0.482. The maximum atomic E-state index is 11.3. The van der Waals surface area contributed by atoms with Crippen LogP contribution in [0.3, 0.4) is 0 Å². The van der Waals surface area contributed by atoms with Crippen molar-refractivity contribution in [2.24, 2.45) is 5.92 Å². The van der Waals surface area contributed by atoms with Crippen LogP contribution in [0.1, 0.15) is 37.6 Å². The van der Waals surface area contributed by atoms with Crippen molar-refractivity contribution < 1.29 is 14.5 Å². The molecule has 0 saturated heterocycles. The van der Waals surface area contributed by atoms with Crippen LogP contribution in [0.15, 0.2) is 18.2 Å². The second kappa shape index (κ2) is 8.36. The zero-order valence-corrected chi connectivity index (χ0v) is 12.7. The molecule has 0 atom stereocenters. The standard InChI is InChI=1S/C15H22N2O4/c1-11(2)10-21-8-4-7-16-14-6-5-13(12(3)18)9-15(14)17(19)20/h5-6,9,11,16H,4,7-8,10H2,1-3H3. The molecule has 0 aliphatic rings. The minimum Gasteiger partial charge on any atom is -0.381 e. The number of carbonyl (C=O) groups excluding carboxylic acids is 1. The number of nitro benzene ring substituents is 1. The highest BCUT2D eigenvalue weighted by molar-refractivity contribution is 5.95. The summed E-state index contributed by atoms with van der Waals surface area (Å²) in [6.07, 6.45) is 0.762. The maximum absolute atomic E-state index is 11.3. The Morgan fingerprint density at radius 1 is 1.43 bits per heavy atom. The molecule has 0 unspecified atom stereocenters. The molecule has 0 radical (unpaired) electrons. The Morgan fingerprint density at radius 3 is 2.71 bits per heavy atom. The lowest BCUT2D eigenvalue weighted by molar-refractivity contribution is -0.384. The number of anilines is 1. The molecule has 0 saturated carbocycles. The Balaban J connectivity index is 2.54. The summed E-state index contributed by atoms with van der Waals surface area (Å²) in [7, 11) is 0. The van der Waals surface area contributed by atoms with Gasteiger partial charge >= 0.3 is 0 Å². The van der Waals surface area contributed by atoms with E-state index in [4.69, 9.17) is 4.74 Å². The molecule has 0 aliphatic carbocycles. The number of nitro groups is 1. The Labute approximate surface area is 124 Å². The topological polar surface area (TPSA) is 81.5 Å². The molecule has 1 aromatic rings. The maximum Gasteiger partial charge on any atom is 0.293 e. The van der Waals surface area contributed by atoms with Gasteiger partial charge in [-0.3, -0.25) is 14.9 Å². The van der Waals surface area contributed by atoms with Crippen molar-refractivity contribution in [2.45, 2.75) is 27.2 Å². The summed E-state index contributed by atoms with van der Waals surface area (Å²) in [6.45, 7) is 7.46. The van der Waals surface area contributed by atoms with Gasteiger partial charge in [-0.25, -0.2) is 0 Å². The van der Waals surface area contributed by atoms with Gasteiger partial charge in [-0.15, -0.1) is 0 Å². The van der Waals surface area contributed by atoms with Gasteiger partial charge in [0.15, 0.2) is 5.78 Å². The number of carbonyl (C=O) groups is 1. The highest BCUT2D eigenvalue weighted by atomic mass is 16.6. The molecule has 1 N–H and O–H groups in total. The second-order valence-electron chi connectivity index (χ2n) is 5.29. The fraction of sp³-hybridized carbons (Fsp3) is 0.533. The average molecular weight is 294 g/mol. The first-order valence-electron chi connectivity index (χ1n) is 7.02. The highest BCUT2D eigenvalue weighted by Gasteiger charge is 2.15. The quantitative estimate of drug-likeness (QED) is 0.327. The summed E-state index contributed by atoms with van der Waals surface area (Å²) in [5.74, 6) is 0.310. The van der Waals surface area contributed by atoms with Gasteiger partial charge in [0.2, 0.25) is 0 Å². The Bertz CT molecular complexity index is 500. The van der Waals surface area contributed by atoms with Crippen LogP contribution >= 0.6 is 0 Å². The van der Waals surface area contributed by atoms with Crippen molar-refractivity contribution in [3.8, 4) is 0 Å². The van der Waals surface area contributed by atoms with E-state index in [0.717, 1.165) is 6.42 Å². The van der Waals surface area contributed by atoms with Crippen LogP contribution in [-0.2, 0) is 4.74 Å². The van der Waals surface area contributed by atoms with Crippen LogP contribution in [0.2, 0.25) is 0 Å². The number of Topliss-reactive ketones (excluding diaryl/α,β-unsaturated/α-hetero) is 1. The van der Waals surface area contributed by atoms with E-state index < -0.39 is 4.92 Å². The summed E-state index contributed by atoms with van der Waals surface area (Å²) in [6, 6.07) is 4.47. The lowest BCUT2D eigenvalue weighted by Gasteiger charge is -2.09. The molecule has 116 valence electrons. The van der Waals surface area contributed by atoms with Crippen LogP contribution in [0.25, 0.3) is 0 Å². The fourth-order valence-corrected chi connectivity index (χ4v) is 1.77. The normalized spacial score (nSPS) is 10.7. The molecule has 0 fully saturated rings. The van der Waals surface area contributed by atoms with Crippen molar-refractivity contribution in [3.63, 3.8) is 0 Å². The van der Waals surface area contributed by atoms with Crippen molar-refractivity contribution in [1.29, 1.82) is 0 Å². The van der Waals surface area contributed by atoms with Crippen LogP contribution < -0.4 is 5.32 Å². The van der Waals surface area contributed by atoms with Crippen molar-refractivity contribution in [2.75, 3.05) is 25.1 Å². The molecule has 1 aromatic carbocycles. The monoisotopic (exact) mass is 294 g/mol. The second-order valence-corrected chi connectivity index (χ2v) is 5.29. The van der Waals surface area contributed by atoms with E-state index in [-0.39, 0.29) is 11.5 Å². The molecule has 21 heavy (non-hydrogen) atoms. The number of ether oxygens (including phenoxy) is 1. The average Bonchev–Trinajstić information content (AvgIpc) is 2.42. The fourth-order valence-electron chi connectivity index (χ4n) is 1.77. The molecule has 0 bridgehead atoms. The first-order valence-corrected chi connectivity index (χ1v) is 7.02. The largest absolute Gasteiger partial charge is 0.381 e. The van der Waals surface area contributed by atoms with Crippen LogP contribution in [-0.4, -0.2) is 30.5 Å². The molecular formula is C15H22N2O4. The molecular weight excluding hydrogens is 272 g/mol. The van der Waals surface area contributed by atoms with Gasteiger partial charge in [-0.2, -0.15) is 0 Å². The Morgan fingerprint density at radius 2 is 2.14 bits per heavy atom. The lowest BCUT2D eigenvalue weighted by Crippen LogP contribution is -2.09. The first-order chi connectivity index (χ1) is 9.91. The highest BCUT2D eigenvalue weighted by Crippen LogP contribution is 2.25. The summed E-state index contributed by atoms with van der Waals surface area (Å²) in [5, 5.41) is 14.1. The predicted octanol–water partition coefficient (Wildman–Crippen LogP) is 3.27. The van der Waals surface area contributed by atoms with Gasteiger partial charge in [0, 0.05) is 31.4 Å². The van der Waals surface area contributed by atoms with Crippen LogP contribution in [0.5, 0.6) is 0 Å². The van der Waals surface area contributed by atoms with Gasteiger partial charge in [0.1, 0.15) is 5.69 Å². The number of ketones is 1. The molecule has 0 heterocycles. The van der Waals surface area contributed by atoms with Gasteiger partial charge < -0.3 is 10.1 Å². The molecule has 6 heteroatoms. The first kappa shape index (κ1) is 17.1. The van der Waals surface area contributed by atoms with E-state index in [1.807, 2.05) is 0 Å². The lowest BCUT2D eigenvalue weighted by atomic mass is 10.1. The number of nitrogens with one attached hydrogen (secondary N) is 1. The zero-order chi connectivity index (χ0) is 15.8.